The molecule has 0 spiro atoms. The first-order valence-electron chi connectivity index (χ1n) is 6.87. The zero-order valence-electron chi connectivity index (χ0n) is 12.1. The second kappa shape index (κ2) is 6.09. The minimum atomic E-state index is -0.404. The summed E-state index contributed by atoms with van der Waals surface area (Å²) in [5, 5.41) is 14.4. The molecule has 1 aliphatic rings. The van der Waals surface area contributed by atoms with E-state index in [0.717, 1.165) is 25.2 Å². The Hall–Kier alpha value is -1.82. The Labute approximate surface area is 118 Å². The van der Waals surface area contributed by atoms with Gasteiger partial charge in [0.25, 0.3) is 0 Å². The van der Waals surface area contributed by atoms with Gasteiger partial charge >= 0.3 is 5.69 Å². The standard InChI is InChI=1S/C14H21N3O3/c1-10(2)20-14-8-11(4-5-13(14)17(18)19)16(3)12-6-7-15-9-12/h4-5,8,10,12,15H,6-7,9H2,1-3H3. The SMILES string of the molecule is CC(C)Oc1cc(N(C)C2CCNC2)ccc1[N+](=O)[O-]. The molecule has 1 unspecified atom stereocenters. The van der Waals surface area contributed by atoms with Crippen molar-refractivity contribution in [3.8, 4) is 5.75 Å². The lowest BCUT2D eigenvalue weighted by Gasteiger charge is -2.26. The van der Waals surface area contributed by atoms with Crippen molar-refractivity contribution < 1.29 is 9.66 Å². The van der Waals surface area contributed by atoms with Crippen LogP contribution in [0.25, 0.3) is 0 Å². The van der Waals surface area contributed by atoms with E-state index in [9.17, 15) is 10.1 Å². The third-order valence-corrected chi connectivity index (χ3v) is 3.49. The normalized spacial score (nSPS) is 18.3. The molecule has 0 radical (unpaired) electrons. The molecule has 1 N–H and O–H groups in total. The van der Waals surface area contributed by atoms with E-state index < -0.39 is 4.92 Å². The van der Waals surface area contributed by atoms with E-state index in [4.69, 9.17) is 4.74 Å². The number of likely N-dealkylation sites (N-methyl/N-ethyl adjacent to an activating group) is 1. The van der Waals surface area contributed by atoms with Crippen molar-refractivity contribution in [1.29, 1.82) is 0 Å². The van der Waals surface area contributed by atoms with Gasteiger partial charge in [-0.05, 0) is 32.9 Å². The lowest BCUT2D eigenvalue weighted by atomic mass is 10.2. The first kappa shape index (κ1) is 14.6. The smallest absolute Gasteiger partial charge is 0.311 e. The van der Waals surface area contributed by atoms with Crippen LogP contribution in [-0.4, -0.2) is 37.2 Å². The van der Waals surface area contributed by atoms with Crippen LogP contribution < -0.4 is 15.0 Å². The predicted molar refractivity (Wildman–Crippen MR) is 78.5 cm³/mol. The second-order valence-electron chi connectivity index (χ2n) is 5.33. The van der Waals surface area contributed by atoms with Gasteiger partial charge in [-0.1, -0.05) is 0 Å². The molecule has 6 nitrogen and oxygen atoms in total. The summed E-state index contributed by atoms with van der Waals surface area (Å²) in [6, 6.07) is 5.48. The van der Waals surface area contributed by atoms with Gasteiger partial charge in [0.05, 0.1) is 11.0 Å². The van der Waals surface area contributed by atoms with Crippen molar-refractivity contribution in [2.75, 3.05) is 25.0 Å². The minimum absolute atomic E-state index is 0.0143. The van der Waals surface area contributed by atoms with E-state index in [0.29, 0.717) is 11.8 Å². The zero-order chi connectivity index (χ0) is 14.7. The molecule has 1 aromatic rings. The summed E-state index contributed by atoms with van der Waals surface area (Å²) in [5.41, 5.74) is 0.959. The fourth-order valence-electron chi connectivity index (χ4n) is 2.40. The van der Waals surface area contributed by atoms with E-state index in [1.807, 2.05) is 20.9 Å². The number of hydrogen-bond donors (Lipinski definition) is 1. The van der Waals surface area contributed by atoms with Gasteiger partial charge in [-0.25, -0.2) is 0 Å². The van der Waals surface area contributed by atoms with Crippen molar-refractivity contribution in [3.05, 3.63) is 28.3 Å². The summed E-state index contributed by atoms with van der Waals surface area (Å²) in [5.74, 6) is 0.334. The summed E-state index contributed by atoms with van der Waals surface area (Å²) in [6.45, 7) is 5.67. The highest BCUT2D eigenvalue weighted by atomic mass is 16.6. The molecule has 6 heteroatoms. The van der Waals surface area contributed by atoms with Crippen LogP contribution in [0.15, 0.2) is 18.2 Å². The lowest BCUT2D eigenvalue weighted by molar-refractivity contribution is -0.386. The summed E-state index contributed by atoms with van der Waals surface area (Å²) < 4.78 is 5.58. The Balaban J connectivity index is 2.28. The fourth-order valence-corrected chi connectivity index (χ4v) is 2.40. The number of nitro benzene ring substituents is 1. The van der Waals surface area contributed by atoms with Gasteiger partial charge in [0.2, 0.25) is 0 Å². The summed E-state index contributed by atoms with van der Waals surface area (Å²) in [4.78, 5) is 12.8. The van der Waals surface area contributed by atoms with Crippen molar-refractivity contribution in [1.82, 2.24) is 5.32 Å². The van der Waals surface area contributed by atoms with E-state index in [1.165, 1.54) is 6.07 Å². The van der Waals surface area contributed by atoms with E-state index in [2.05, 4.69) is 10.2 Å². The monoisotopic (exact) mass is 279 g/mol. The van der Waals surface area contributed by atoms with E-state index in [-0.39, 0.29) is 11.8 Å². The van der Waals surface area contributed by atoms with Crippen molar-refractivity contribution in [3.63, 3.8) is 0 Å². The largest absolute Gasteiger partial charge is 0.484 e. The van der Waals surface area contributed by atoms with Crippen LogP contribution in [0.2, 0.25) is 0 Å². The van der Waals surface area contributed by atoms with Crippen LogP contribution >= 0.6 is 0 Å². The number of benzene rings is 1. The Kier molecular flexibility index (Phi) is 4.44. The highest BCUT2D eigenvalue weighted by Crippen LogP contribution is 2.33. The molecular formula is C14H21N3O3. The zero-order valence-corrected chi connectivity index (χ0v) is 12.1. The van der Waals surface area contributed by atoms with Crippen LogP contribution in [0.5, 0.6) is 5.75 Å². The first-order valence-corrected chi connectivity index (χ1v) is 6.87. The van der Waals surface area contributed by atoms with Crippen LogP contribution in [0.4, 0.5) is 11.4 Å². The Morgan fingerprint density at radius 1 is 1.50 bits per heavy atom. The number of hydrogen-bond acceptors (Lipinski definition) is 5. The quantitative estimate of drug-likeness (QED) is 0.661. The topological polar surface area (TPSA) is 67.6 Å². The second-order valence-corrected chi connectivity index (χ2v) is 5.33. The summed E-state index contributed by atoms with van der Waals surface area (Å²) in [6.07, 6.45) is 0.982. The number of rotatable bonds is 5. The maximum Gasteiger partial charge on any atom is 0.311 e. The molecule has 0 aliphatic carbocycles. The molecule has 0 aromatic heterocycles. The Bertz CT molecular complexity index is 485. The molecule has 1 fully saturated rings. The van der Waals surface area contributed by atoms with Crippen LogP contribution in [0.3, 0.4) is 0 Å². The summed E-state index contributed by atoms with van der Waals surface area (Å²) >= 11 is 0. The van der Waals surface area contributed by atoms with E-state index >= 15 is 0 Å². The van der Waals surface area contributed by atoms with Crippen LogP contribution in [-0.2, 0) is 0 Å². The number of ether oxygens (including phenoxy) is 1. The number of nitrogens with one attached hydrogen (secondary N) is 1. The van der Waals surface area contributed by atoms with Gasteiger partial charge in [0.1, 0.15) is 0 Å². The van der Waals surface area contributed by atoms with Crippen molar-refractivity contribution in [2.24, 2.45) is 0 Å². The molecule has 0 bridgehead atoms. The molecule has 20 heavy (non-hydrogen) atoms. The van der Waals surface area contributed by atoms with Gasteiger partial charge in [-0.15, -0.1) is 0 Å². The van der Waals surface area contributed by atoms with E-state index in [1.54, 1.807) is 12.1 Å². The maximum atomic E-state index is 11.0. The highest BCUT2D eigenvalue weighted by molar-refractivity contribution is 5.59. The minimum Gasteiger partial charge on any atom is -0.484 e. The Morgan fingerprint density at radius 2 is 2.25 bits per heavy atom. The molecule has 1 atom stereocenters. The van der Waals surface area contributed by atoms with Gasteiger partial charge in [-0.3, -0.25) is 10.1 Å². The van der Waals surface area contributed by atoms with Gasteiger partial charge < -0.3 is 15.0 Å². The van der Waals surface area contributed by atoms with Gasteiger partial charge in [0.15, 0.2) is 5.75 Å². The molecule has 0 saturated carbocycles. The highest BCUT2D eigenvalue weighted by Gasteiger charge is 2.22. The molecule has 110 valence electrons. The lowest BCUT2D eigenvalue weighted by Crippen LogP contribution is -2.33. The van der Waals surface area contributed by atoms with Gasteiger partial charge in [-0.2, -0.15) is 0 Å². The number of nitro groups is 1. The molecule has 1 aliphatic heterocycles. The average Bonchev–Trinajstić information content (AvgIpc) is 2.90. The van der Waals surface area contributed by atoms with Gasteiger partial charge in [0, 0.05) is 37.5 Å². The van der Waals surface area contributed by atoms with Crippen LogP contribution in [0, 0.1) is 10.1 Å². The molecule has 2 rings (SSSR count). The van der Waals surface area contributed by atoms with Crippen molar-refractivity contribution >= 4 is 11.4 Å². The Morgan fingerprint density at radius 3 is 2.80 bits per heavy atom. The fraction of sp³-hybridized carbons (Fsp3) is 0.571. The molecule has 1 saturated heterocycles. The van der Waals surface area contributed by atoms with Crippen LogP contribution in [0.1, 0.15) is 20.3 Å². The average molecular weight is 279 g/mol. The molecular weight excluding hydrogens is 258 g/mol. The molecule has 1 aromatic carbocycles. The summed E-state index contributed by atoms with van der Waals surface area (Å²) in [7, 11) is 2.01. The first-order chi connectivity index (χ1) is 9.49. The third kappa shape index (κ3) is 3.19. The predicted octanol–water partition coefficient (Wildman–Crippen LogP) is 2.18. The maximum absolute atomic E-state index is 11.0. The number of nitrogens with zero attached hydrogens (tertiary/aromatic N) is 2. The van der Waals surface area contributed by atoms with Crippen molar-refractivity contribution in [2.45, 2.75) is 32.4 Å². The third-order valence-electron chi connectivity index (χ3n) is 3.49. The molecule has 1 heterocycles. The number of anilines is 1. The molecule has 0 amide bonds.